The molecule has 0 unspecified atom stereocenters. The number of carbonyl (C=O) groups excluding carboxylic acids is 1. The van der Waals surface area contributed by atoms with E-state index in [9.17, 15) is 4.79 Å². The molecule has 70 valence electrons. The summed E-state index contributed by atoms with van der Waals surface area (Å²) in [4.78, 5) is 11.3. The average molecular weight is 212 g/mol. The molecule has 1 rings (SSSR count). The molecule has 0 aromatic carbocycles. The highest BCUT2D eigenvalue weighted by molar-refractivity contribution is 6.35. The van der Waals surface area contributed by atoms with Crippen LogP contribution in [0.25, 0.3) is 0 Å². The number of nitrogens with zero attached hydrogens (tertiary/aromatic N) is 1. The maximum Gasteiger partial charge on any atom is 0.329 e. The van der Waals surface area contributed by atoms with Gasteiger partial charge >= 0.3 is 5.97 Å². The third kappa shape index (κ3) is 1.53. The van der Waals surface area contributed by atoms with Gasteiger partial charge in [0.25, 0.3) is 0 Å². The molecular weight excluding hydrogens is 201 g/mol. The zero-order valence-electron chi connectivity index (χ0n) is 6.85. The van der Waals surface area contributed by atoms with Crippen molar-refractivity contribution >= 4 is 29.5 Å². The first kappa shape index (κ1) is 10.1. The van der Waals surface area contributed by atoms with Gasteiger partial charge in [0.05, 0.1) is 7.11 Å². The van der Waals surface area contributed by atoms with E-state index in [0.717, 1.165) is 16.8 Å². The second kappa shape index (κ2) is 3.81. The molecule has 0 atom stereocenters. The summed E-state index contributed by atoms with van der Waals surface area (Å²) in [7, 11) is 1.35. The van der Waals surface area contributed by atoms with Gasteiger partial charge in [0.15, 0.2) is 0 Å². The Bertz CT molecular complexity index is 178. The van der Waals surface area contributed by atoms with E-state index in [2.05, 4.69) is 4.74 Å². The predicted molar refractivity (Wildman–Crippen MR) is 46.8 cm³/mol. The number of halogens is 2. The lowest BCUT2D eigenvalue weighted by Crippen LogP contribution is -2.44. The van der Waals surface area contributed by atoms with E-state index in [1.807, 2.05) is 0 Å². The first-order valence-electron chi connectivity index (χ1n) is 3.84. The molecule has 1 fully saturated rings. The van der Waals surface area contributed by atoms with E-state index in [1.54, 1.807) is 0 Å². The van der Waals surface area contributed by atoms with Crippen molar-refractivity contribution < 1.29 is 9.53 Å². The van der Waals surface area contributed by atoms with Gasteiger partial charge in [-0.2, -0.15) is 0 Å². The summed E-state index contributed by atoms with van der Waals surface area (Å²) < 4.78 is 5.59. The van der Waals surface area contributed by atoms with Gasteiger partial charge in [-0.05, 0) is 36.4 Å². The van der Waals surface area contributed by atoms with Crippen molar-refractivity contribution in [2.75, 3.05) is 7.11 Å². The molecule has 1 saturated carbocycles. The van der Waals surface area contributed by atoms with Crippen LogP contribution in [0.5, 0.6) is 0 Å². The topological polar surface area (TPSA) is 29.5 Å². The second-order valence-corrected chi connectivity index (χ2v) is 3.81. The number of esters is 1. The zero-order valence-corrected chi connectivity index (χ0v) is 8.36. The van der Waals surface area contributed by atoms with Crippen LogP contribution in [0.3, 0.4) is 0 Å². The van der Waals surface area contributed by atoms with Crippen LogP contribution in [0.2, 0.25) is 0 Å². The molecule has 1 aliphatic rings. The van der Waals surface area contributed by atoms with E-state index in [1.165, 1.54) is 7.11 Å². The van der Waals surface area contributed by atoms with E-state index < -0.39 is 5.54 Å². The molecule has 3 nitrogen and oxygen atoms in total. The predicted octanol–water partition coefficient (Wildman–Crippen LogP) is 2.08. The number of ether oxygens (including phenoxy) is 1. The van der Waals surface area contributed by atoms with Gasteiger partial charge in [-0.15, -0.1) is 3.94 Å². The monoisotopic (exact) mass is 211 g/mol. The van der Waals surface area contributed by atoms with Crippen molar-refractivity contribution in [2.24, 2.45) is 0 Å². The van der Waals surface area contributed by atoms with Gasteiger partial charge in [0, 0.05) is 0 Å². The average Bonchev–Trinajstić information content (AvgIpc) is 2.52. The van der Waals surface area contributed by atoms with Crippen molar-refractivity contribution in [3.05, 3.63) is 0 Å². The van der Waals surface area contributed by atoms with Crippen molar-refractivity contribution in [1.82, 2.24) is 3.94 Å². The van der Waals surface area contributed by atoms with Gasteiger partial charge < -0.3 is 4.74 Å². The standard InChI is InChI=1S/C7H11Cl2NO2/c1-12-6(11)7(10(8)9)4-2-3-5-7/h2-5H2,1H3. The Morgan fingerprint density at radius 3 is 2.25 bits per heavy atom. The molecule has 12 heavy (non-hydrogen) atoms. The summed E-state index contributed by atoms with van der Waals surface area (Å²) in [6, 6.07) is 0. The molecule has 1 aliphatic carbocycles. The first-order chi connectivity index (χ1) is 5.63. The van der Waals surface area contributed by atoms with Crippen LogP contribution in [-0.2, 0) is 9.53 Å². The Labute approximate surface area is 81.8 Å². The third-order valence-corrected chi connectivity index (χ3v) is 2.97. The molecule has 0 aliphatic heterocycles. The van der Waals surface area contributed by atoms with Crippen LogP contribution in [-0.4, -0.2) is 22.6 Å². The lowest BCUT2D eigenvalue weighted by molar-refractivity contribution is -0.149. The number of hydrogen-bond acceptors (Lipinski definition) is 3. The fourth-order valence-electron chi connectivity index (χ4n) is 1.59. The van der Waals surface area contributed by atoms with E-state index >= 15 is 0 Å². The van der Waals surface area contributed by atoms with Crippen molar-refractivity contribution in [3.63, 3.8) is 0 Å². The number of hydrogen-bond donors (Lipinski definition) is 0. The Balaban J connectivity index is 2.78. The maximum absolute atomic E-state index is 11.3. The van der Waals surface area contributed by atoms with Crippen molar-refractivity contribution in [3.8, 4) is 0 Å². The summed E-state index contributed by atoms with van der Waals surface area (Å²) in [6.45, 7) is 0. The molecule has 0 heterocycles. The van der Waals surface area contributed by atoms with Gasteiger partial charge in [-0.25, -0.2) is 4.79 Å². The second-order valence-electron chi connectivity index (χ2n) is 2.96. The van der Waals surface area contributed by atoms with Crippen LogP contribution >= 0.6 is 23.6 Å². The van der Waals surface area contributed by atoms with Gasteiger partial charge in [0.1, 0.15) is 5.54 Å². The molecule has 5 heteroatoms. The lowest BCUT2D eigenvalue weighted by atomic mass is 10.00. The minimum Gasteiger partial charge on any atom is -0.468 e. The minimum absolute atomic E-state index is 0.343. The quantitative estimate of drug-likeness (QED) is 0.518. The molecule has 0 aromatic heterocycles. The number of rotatable bonds is 2. The van der Waals surface area contributed by atoms with Crippen LogP contribution < -0.4 is 0 Å². The molecular formula is C7H11Cl2NO2. The van der Waals surface area contributed by atoms with Gasteiger partial charge in [0.2, 0.25) is 0 Å². The summed E-state index contributed by atoms with van der Waals surface area (Å²) in [5.41, 5.74) is -0.794. The van der Waals surface area contributed by atoms with Crippen LogP contribution in [0.1, 0.15) is 25.7 Å². The summed E-state index contributed by atoms with van der Waals surface area (Å²) in [6.07, 6.45) is 3.27. The smallest absolute Gasteiger partial charge is 0.329 e. The van der Waals surface area contributed by atoms with Gasteiger partial charge in [-0.1, -0.05) is 12.8 Å². The Morgan fingerprint density at radius 2 is 1.92 bits per heavy atom. The Kier molecular flexibility index (Phi) is 3.21. The minimum atomic E-state index is -0.794. The molecule has 0 radical (unpaired) electrons. The van der Waals surface area contributed by atoms with E-state index in [4.69, 9.17) is 23.6 Å². The van der Waals surface area contributed by atoms with E-state index in [-0.39, 0.29) is 5.97 Å². The number of methoxy groups -OCH3 is 1. The summed E-state index contributed by atoms with van der Waals surface area (Å²) in [5, 5.41) is 0. The fraction of sp³-hybridized carbons (Fsp3) is 0.857. The maximum atomic E-state index is 11.3. The fourth-order valence-corrected chi connectivity index (χ4v) is 2.07. The van der Waals surface area contributed by atoms with Crippen LogP contribution in [0.15, 0.2) is 0 Å². The normalized spacial score (nSPS) is 21.3. The Morgan fingerprint density at radius 1 is 1.42 bits per heavy atom. The van der Waals surface area contributed by atoms with Crippen molar-refractivity contribution in [1.29, 1.82) is 0 Å². The molecule has 0 spiro atoms. The highest BCUT2D eigenvalue weighted by atomic mass is 35.5. The molecule has 0 bridgehead atoms. The summed E-state index contributed by atoms with van der Waals surface area (Å²) in [5.74, 6) is -0.343. The summed E-state index contributed by atoms with van der Waals surface area (Å²) >= 11 is 11.2. The highest BCUT2D eigenvalue weighted by Gasteiger charge is 2.47. The van der Waals surface area contributed by atoms with E-state index in [0.29, 0.717) is 12.8 Å². The molecule has 0 N–H and O–H groups in total. The van der Waals surface area contributed by atoms with Crippen molar-refractivity contribution in [2.45, 2.75) is 31.2 Å². The van der Waals surface area contributed by atoms with Crippen LogP contribution in [0, 0.1) is 0 Å². The first-order valence-corrected chi connectivity index (χ1v) is 4.51. The zero-order chi connectivity index (χ0) is 9.19. The third-order valence-electron chi connectivity index (χ3n) is 2.32. The lowest BCUT2D eigenvalue weighted by Gasteiger charge is -2.27. The molecule has 0 aromatic rings. The molecule has 0 saturated heterocycles. The highest BCUT2D eigenvalue weighted by Crippen LogP contribution is 2.38. The molecule has 0 amide bonds. The van der Waals surface area contributed by atoms with Gasteiger partial charge in [-0.3, -0.25) is 0 Å². The largest absolute Gasteiger partial charge is 0.468 e. The Hall–Kier alpha value is 0.01000. The SMILES string of the molecule is COC(=O)C1(N(Cl)Cl)CCCC1. The number of carbonyl (C=O) groups is 1. The van der Waals surface area contributed by atoms with Crippen LogP contribution in [0.4, 0.5) is 0 Å².